The van der Waals surface area contributed by atoms with Crippen molar-refractivity contribution in [1.29, 1.82) is 0 Å². The van der Waals surface area contributed by atoms with Gasteiger partial charge in [-0.2, -0.15) is 0 Å². The molecule has 2 aliphatic heterocycles. The van der Waals surface area contributed by atoms with Crippen LogP contribution >= 0.6 is 15.8 Å². The van der Waals surface area contributed by atoms with Crippen molar-refractivity contribution in [2.24, 2.45) is 5.41 Å². The predicted molar refractivity (Wildman–Crippen MR) is 87.9 cm³/mol. The fraction of sp³-hybridized carbons (Fsp3) is 0.294. The molecule has 0 N–H and O–H groups in total. The van der Waals surface area contributed by atoms with Gasteiger partial charge in [-0.05, 0) is 40.7 Å². The summed E-state index contributed by atoms with van der Waals surface area (Å²) in [6, 6.07) is 22.4. The van der Waals surface area contributed by atoms with E-state index in [1.165, 1.54) is 24.6 Å². The van der Waals surface area contributed by atoms with Gasteiger partial charge in [0, 0.05) is 0 Å². The molecule has 19 heavy (non-hydrogen) atoms. The number of hydrogen-bond donors (Lipinski definition) is 0. The standard InChI is InChI=1S/C17H18P2/c1-3-7-15(8-4-1)18-11-17(12-18)13-19(14-17)16-9-5-2-6-10-16/h1-10H,11-14H2. The van der Waals surface area contributed by atoms with Crippen LogP contribution in [-0.4, -0.2) is 24.6 Å². The van der Waals surface area contributed by atoms with Gasteiger partial charge in [-0.25, -0.2) is 0 Å². The third-order valence-electron chi connectivity index (χ3n) is 4.35. The third-order valence-corrected chi connectivity index (χ3v) is 10.6. The molecule has 96 valence electrons. The lowest BCUT2D eigenvalue weighted by Crippen LogP contribution is -2.53. The molecule has 0 atom stereocenters. The quantitative estimate of drug-likeness (QED) is 0.739. The Morgan fingerprint density at radius 3 is 1.32 bits per heavy atom. The fourth-order valence-electron chi connectivity index (χ4n) is 3.37. The van der Waals surface area contributed by atoms with Gasteiger partial charge in [-0.15, -0.1) is 0 Å². The van der Waals surface area contributed by atoms with Crippen molar-refractivity contribution in [3.8, 4) is 0 Å². The van der Waals surface area contributed by atoms with E-state index in [0.29, 0.717) is 0 Å². The Kier molecular flexibility index (Phi) is 2.98. The lowest BCUT2D eigenvalue weighted by Gasteiger charge is -2.58. The molecule has 0 unspecified atom stereocenters. The maximum absolute atomic E-state index is 2.33. The van der Waals surface area contributed by atoms with Crippen LogP contribution in [0.15, 0.2) is 60.7 Å². The largest absolute Gasteiger partial charge is 0.0741 e. The van der Waals surface area contributed by atoms with Gasteiger partial charge in [-0.3, -0.25) is 0 Å². The topological polar surface area (TPSA) is 0 Å². The molecule has 0 bridgehead atoms. The van der Waals surface area contributed by atoms with Crippen LogP contribution in [0.5, 0.6) is 0 Å². The van der Waals surface area contributed by atoms with Gasteiger partial charge >= 0.3 is 0 Å². The zero-order chi connectivity index (χ0) is 12.7. The van der Waals surface area contributed by atoms with Crippen molar-refractivity contribution in [1.82, 2.24) is 0 Å². The summed E-state index contributed by atoms with van der Waals surface area (Å²) >= 11 is 0. The van der Waals surface area contributed by atoms with Crippen LogP contribution in [0.1, 0.15) is 0 Å². The Bertz CT molecular complexity index is 495. The highest BCUT2D eigenvalue weighted by molar-refractivity contribution is 7.70. The van der Waals surface area contributed by atoms with E-state index >= 15 is 0 Å². The van der Waals surface area contributed by atoms with E-state index in [4.69, 9.17) is 0 Å². The number of hydrogen-bond acceptors (Lipinski definition) is 0. The van der Waals surface area contributed by atoms with E-state index in [-0.39, 0.29) is 15.8 Å². The van der Waals surface area contributed by atoms with Gasteiger partial charge in [0.15, 0.2) is 0 Å². The van der Waals surface area contributed by atoms with E-state index in [2.05, 4.69) is 60.7 Å². The van der Waals surface area contributed by atoms with Gasteiger partial charge in [-0.1, -0.05) is 76.5 Å². The second kappa shape index (κ2) is 4.69. The van der Waals surface area contributed by atoms with Gasteiger partial charge in [0.2, 0.25) is 0 Å². The molecule has 2 heteroatoms. The molecule has 2 fully saturated rings. The molecular formula is C17H18P2. The van der Waals surface area contributed by atoms with Crippen LogP contribution < -0.4 is 10.6 Å². The zero-order valence-electron chi connectivity index (χ0n) is 11.0. The summed E-state index contributed by atoms with van der Waals surface area (Å²) < 4.78 is 0. The Labute approximate surface area is 117 Å². The van der Waals surface area contributed by atoms with Gasteiger partial charge < -0.3 is 0 Å². The molecule has 0 radical (unpaired) electrons. The SMILES string of the molecule is c1ccc(P2CC3(C2)CP(c2ccccc2)C3)cc1. The Morgan fingerprint density at radius 2 is 0.947 bits per heavy atom. The van der Waals surface area contributed by atoms with E-state index < -0.39 is 0 Å². The number of benzene rings is 2. The second-order valence-corrected chi connectivity index (χ2v) is 10.3. The lowest BCUT2D eigenvalue weighted by molar-refractivity contribution is 0.432. The Morgan fingerprint density at radius 1 is 0.579 bits per heavy atom. The van der Waals surface area contributed by atoms with E-state index in [0.717, 1.165) is 5.41 Å². The first-order valence-corrected chi connectivity index (χ1v) is 10.4. The Balaban J connectivity index is 1.38. The molecule has 0 aromatic heterocycles. The van der Waals surface area contributed by atoms with Crippen LogP contribution in [0.25, 0.3) is 0 Å². The van der Waals surface area contributed by atoms with E-state index in [1.54, 1.807) is 10.6 Å². The minimum Gasteiger partial charge on any atom is -0.0741 e. The maximum Gasteiger partial charge on any atom is -0.0129 e. The molecular weight excluding hydrogens is 266 g/mol. The molecule has 0 saturated carbocycles. The smallest absolute Gasteiger partial charge is 0.0129 e. The van der Waals surface area contributed by atoms with Crippen molar-refractivity contribution >= 4 is 26.5 Å². The van der Waals surface area contributed by atoms with E-state index in [1.807, 2.05) is 0 Å². The third kappa shape index (κ3) is 2.16. The minimum atomic E-state index is 0.187. The molecule has 0 aliphatic carbocycles. The van der Waals surface area contributed by atoms with Crippen molar-refractivity contribution in [3.05, 3.63) is 60.7 Å². The Hall–Kier alpha value is -0.700. The first-order valence-electron chi connectivity index (χ1n) is 6.95. The van der Waals surface area contributed by atoms with Crippen LogP contribution in [0, 0.1) is 5.41 Å². The van der Waals surface area contributed by atoms with Crippen LogP contribution in [-0.2, 0) is 0 Å². The molecule has 2 aromatic rings. The van der Waals surface area contributed by atoms with Crippen LogP contribution in [0.2, 0.25) is 0 Å². The van der Waals surface area contributed by atoms with Crippen LogP contribution in [0.4, 0.5) is 0 Å². The zero-order valence-corrected chi connectivity index (χ0v) is 12.8. The summed E-state index contributed by atoms with van der Waals surface area (Å²) in [6.07, 6.45) is 5.99. The molecule has 4 rings (SSSR count). The minimum absolute atomic E-state index is 0.187. The summed E-state index contributed by atoms with van der Waals surface area (Å²) in [4.78, 5) is 0. The summed E-state index contributed by atoms with van der Waals surface area (Å²) in [6.45, 7) is 0. The summed E-state index contributed by atoms with van der Waals surface area (Å²) in [7, 11) is 0.374. The molecule has 2 heterocycles. The van der Waals surface area contributed by atoms with Crippen molar-refractivity contribution < 1.29 is 0 Å². The number of rotatable bonds is 2. The fourth-order valence-corrected chi connectivity index (χ4v) is 9.94. The highest BCUT2D eigenvalue weighted by atomic mass is 31.1. The normalized spacial score (nSPS) is 32.6. The first kappa shape index (κ1) is 12.1. The predicted octanol–water partition coefficient (Wildman–Crippen LogP) is 3.61. The monoisotopic (exact) mass is 284 g/mol. The molecule has 2 aliphatic rings. The molecule has 2 aromatic carbocycles. The van der Waals surface area contributed by atoms with E-state index in [9.17, 15) is 0 Å². The van der Waals surface area contributed by atoms with Gasteiger partial charge in [0.25, 0.3) is 0 Å². The molecule has 0 nitrogen and oxygen atoms in total. The van der Waals surface area contributed by atoms with Gasteiger partial charge in [0.05, 0.1) is 0 Å². The molecule has 1 spiro atoms. The lowest BCUT2D eigenvalue weighted by atomic mass is 9.96. The average molecular weight is 284 g/mol. The van der Waals surface area contributed by atoms with Crippen LogP contribution in [0.3, 0.4) is 0 Å². The highest BCUT2D eigenvalue weighted by Crippen LogP contribution is 2.69. The summed E-state index contributed by atoms with van der Waals surface area (Å²) in [5.74, 6) is 0. The highest BCUT2D eigenvalue weighted by Gasteiger charge is 2.53. The van der Waals surface area contributed by atoms with Crippen molar-refractivity contribution in [2.75, 3.05) is 24.6 Å². The molecule has 2 saturated heterocycles. The van der Waals surface area contributed by atoms with Crippen molar-refractivity contribution in [2.45, 2.75) is 0 Å². The second-order valence-electron chi connectivity index (χ2n) is 5.88. The van der Waals surface area contributed by atoms with Gasteiger partial charge in [0.1, 0.15) is 0 Å². The first-order chi connectivity index (χ1) is 9.35. The summed E-state index contributed by atoms with van der Waals surface area (Å²) in [5, 5.41) is 3.25. The maximum atomic E-state index is 2.33. The molecule has 0 amide bonds. The average Bonchev–Trinajstić information content (AvgIpc) is 2.38. The van der Waals surface area contributed by atoms with Crippen molar-refractivity contribution in [3.63, 3.8) is 0 Å². The summed E-state index contributed by atoms with van der Waals surface area (Å²) in [5.41, 5.74) is 0.753.